The lowest BCUT2D eigenvalue weighted by molar-refractivity contribution is -0.142. The van der Waals surface area contributed by atoms with Crippen LogP contribution in [0.4, 0.5) is 0 Å². The lowest BCUT2D eigenvalue weighted by Crippen LogP contribution is -2.57. The smallest absolute Gasteiger partial charge is 0.246 e. The van der Waals surface area contributed by atoms with E-state index in [4.69, 9.17) is 11.5 Å². The van der Waals surface area contributed by atoms with Gasteiger partial charge in [0.1, 0.15) is 42.3 Å². The highest BCUT2D eigenvalue weighted by Gasteiger charge is 2.42. The summed E-state index contributed by atoms with van der Waals surface area (Å²) in [5, 5.41) is 18.5. The van der Waals surface area contributed by atoms with E-state index in [-0.39, 0.29) is 64.1 Å². The Morgan fingerprint density at radius 3 is 0.876 bits per heavy atom. The topological polar surface area (TPSA) is 354 Å². The molecular formula is C64H79N13O12. The number of hydrogen-bond donors (Lipinski definition) is 9. The molecule has 0 saturated carbocycles. The van der Waals surface area contributed by atoms with Gasteiger partial charge in [0.25, 0.3) is 0 Å². The average molecular weight is 1220 g/mol. The van der Waals surface area contributed by atoms with Crippen molar-refractivity contribution in [2.45, 2.75) is 125 Å². The van der Waals surface area contributed by atoms with E-state index >= 15 is 0 Å². The van der Waals surface area contributed by atoms with Crippen LogP contribution >= 0.6 is 0 Å². The van der Waals surface area contributed by atoms with E-state index in [9.17, 15) is 57.5 Å². The average Bonchev–Trinajstić information content (AvgIpc) is 2.90. The Morgan fingerprint density at radius 1 is 0.360 bits per heavy atom. The van der Waals surface area contributed by atoms with Crippen LogP contribution in [0, 0.1) is 0 Å². The van der Waals surface area contributed by atoms with Crippen LogP contribution in [0.2, 0.25) is 0 Å². The molecular weight excluding hydrogens is 1140 g/mol. The highest BCUT2D eigenvalue weighted by atomic mass is 16.2. The Morgan fingerprint density at radius 2 is 0.607 bits per heavy atom. The Balaban J connectivity index is 0.856. The van der Waals surface area contributed by atoms with E-state index < -0.39 is 139 Å². The minimum atomic E-state index is -1.21. The molecule has 11 N–H and O–H groups in total. The second-order valence-electron chi connectivity index (χ2n) is 22.8. The highest BCUT2D eigenvalue weighted by molar-refractivity contribution is 5.98. The van der Waals surface area contributed by atoms with Gasteiger partial charge in [0.05, 0.1) is 32.2 Å². The summed E-state index contributed by atoms with van der Waals surface area (Å²) in [5.74, 6) is -7.29. The molecule has 0 unspecified atom stereocenters. The number of hydrogen-bond acceptors (Lipinski definition) is 13. The first kappa shape index (κ1) is 65.5. The molecule has 8 rings (SSSR count). The number of carbonyl (C=O) groups excluding carboxylic acids is 12. The quantitative estimate of drug-likeness (QED) is 0.0334. The summed E-state index contributed by atoms with van der Waals surface area (Å²) >= 11 is 0. The zero-order valence-electron chi connectivity index (χ0n) is 49.7. The molecule has 4 aromatic rings. The van der Waals surface area contributed by atoms with Crippen molar-refractivity contribution in [1.29, 1.82) is 0 Å². The van der Waals surface area contributed by atoms with Gasteiger partial charge in [-0.2, -0.15) is 0 Å². The summed E-state index contributed by atoms with van der Waals surface area (Å²) in [4.78, 5) is 169. The monoisotopic (exact) mass is 1220 g/mol. The van der Waals surface area contributed by atoms with Crippen LogP contribution < -0.4 is 48.7 Å². The molecule has 4 saturated heterocycles. The van der Waals surface area contributed by atoms with Gasteiger partial charge in [0.15, 0.2) is 0 Å². The molecule has 8 atom stereocenters. The third-order valence-corrected chi connectivity index (χ3v) is 16.4. The molecule has 89 heavy (non-hydrogen) atoms. The van der Waals surface area contributed by atoms with Gasteiger partial charge in [-0.3, -0.25) is 57.5 Å². The van der Waals surface area contributed by atoms with Crippen molar-refractivity contribution in [3.8, 4) is 0 Å². The molecule has 0 radical (unpaired) electrons. The van der Waals surface area contributed by atoms with Crippen molar-refractivity contribution in [2.75, 3.05) is 52.4 Å². The van der Waals surface area contributed by atoms with Gasteiger partial charge in [-0.1, -0.05) is 121 Å². The molecule has 4 aromatic carbocycles. The lowest BCUT2D eigenvalue weighted by Gasteiger charge is -2.30. The van der Waals surface area contributed by atoms with Crippen molar-refractivity contribution in [1.82, 2.24) is 56.8 Å². The third kappa shape index (κ3) is 18.3. The van der Waals surface area contributed by atoms with Crippen molar-refractivity contribution in [2.24, 2.45) is 11.5 Å². The van der Waals surface area contributed by atoms with Gasteiger partial charge in [-0.15, -0.1) is 0 Å². The largest absolute Gasteiger partial charge is 0.368 e. The van der Waals surface area contributed by atoms with Crippen molar-refractivity contribution >= 4 is 70.9 Å². The number of amides is 12. The first-order valence-electron chi connectivity index (χ1n) is 30.3. The Bertz CT molecular complexity index is 3180. The Labute approximate surface area is 516 Å². The number of nitrogens with one attached hydrogen (secondary N) is 7. The molecule has 0 spiro atoms. The summed E-state index contributed by atoms with van der Waals surface area (Å²) in [6.07, 6.45) is 3.54. The summed E-state index contributed by atoms with van der Waals surface area (Å²) in [7, 11) is 0. The lowest BCUT2D eigenvalue weighted by atomic mass is 10.0. The minimum absolute atomic E-state index is 0.0137. The SMILES string of the molecule is NC(=O)CNC(=O)[C@@H]1CCCN1C(=O)[C@H](Cc1ccccc1)NC(=O)CNC(=O)[C@@H]1CCCN1C(=O)[C@H](Cc1ccccc1)NC(=O)CNC(=O)[C@@H]1CCCN1C(=O)[C@H](Cc1ccccc1)NC(=O)CNC(=O)[C@@H]1CCCN1C(=O)[C@@H](N)Cc1ccccc1. The van der Waals surface area contributed by atoms with Crippen LogP contribution in [-0.2, 0) is 83.2 Å². The van der Waals surface area contributed by atoms with Gasteiger partial charge in [0.2, 0.25) is 70.9 Å². The van der Waals surface area contributed by atoms with Crippen molar-refractivity contribution in [3.05, 3.63) is 144 Å². The fraction of sp³-hybridized carbons (Fsp3) is 0.438. The zero-order valence-corrected chi connectivity index (χ0v) is 49.7. The van der Waals surface area contributed by atoms with Crippen LogP contribution in [0.5, 0.6) is 0 Å². The normalized spacial score (nSPS) is 19.2. The number of nitrogens with two attached hydrogens (primary N) is 2. The molecule has 12 amide bonds. The molecule has 4 aliphatic rings. The summed E-state index contributed by atoms with van der Waals surface area (Å²) < 4.78 is 0. The number of rotatable bonds is 27. The predicted octanol–water partition coefficient (Wildman–Crippen LogP) is -1.35. The highest BCUT2D eigenvalue weighted by Crippen LogP contribution is 2.24. The van der Waals surface area contributed by atoms with Crippen LogP contribution in [0.3, 0.4) is 0 Å². The Kier molecular flexibility index (Phi) is 23.5. The van der Waals surface area contributed by atoms with Crippen molar-refractivity contribution < 1.29 is 57.5 Å². The zero-order chi connectivity index (χ0) is 63.4. The van der Waals surface area contributed by atoms with E-state index in [1.807, 2.05) is 30.3 Å². The van der Waals surface area contributed by atoms with E-state index in [1.165, 1.54) is 19.6 Å². The molecule has 0 aliphatic carbocycles. The van der Waals surface area contributed by atoms with Gasteiger partial charge < -0.3 is 68.3 Å². The fourth-order valence-corrected chi connectivity index (χ4v) is 12.0. The number of likely N-dealkylation sites (tertiary alicyclic amines) is 4. The molecule has 4 aliphatic heterocycles. The summed E-state index contributed by atoms with van der Waals surface area (Å²) in [6, 6.07) is 27.8. The predicted molar refractivity (Wildman–Crippen MR) is 325 cm³/mol. The van der Waals surface area contributed by atoms with E-state index in [0.29, 0.717) is 56.2 Å². The molecule has 472 valence electrons. The maximum Gasteiger partial charge on any atom is 0.246 e. The molecule has 0 bridgehead atoms. The second kappa shape index (κ2) is 31.9. The van der Waals surface area contributed by atoms with Gasteiger partial charge in [-0.05, 0) is 80.0 Å². The van der Waals surface area contributed by atoms with E-state index in [2.05, 4.69) is 37.2 Å². The minimum Gasteiger partial charge on any atom is -0.368 e. The first-order valence-corrected chi connectivity index (χ1v) is 30.3. The number of nitrogens with zero attached hydrogens (tertiary/aromatic N) is 4. The van der Waals surface area contributed by atoms with Crippen LogP contribution in [0.1, 0.15) is 73.6 Å². The summed E-state index contributed by atoms with van der Waals surface area (Å²) in [5.41, 5.74) is 14.5. The third-order valence-electron chi connectivity index (χ3n) is 16.4. The fourth-order valence-electron chi connectivity index (χ4n) is 12.0. The van der Waals surface area contributed by atoms with E-state index in [0.717, 1.165) is 11.1 Å². The van der Waals surface area contributed by atoms with Crippen LogP contribution in [0.25, 0.3) is 0 Å². The van der Waals surface area contributed by atoms with E-state index in [1.54, 1.807) is 91.0 Å². The standard InChI is InChI=1S/C64H79N13O12/c65-45(33-41-17-5-1-6-18-41)61(86)74-29-13-25-49(74)58(83)68-38-54(79)72-47(35-43-21-9-3-10-22-43)63(88)76-31-15-27-51(76)60(85)70-40-56(81)73-48(36-44-23-11-4-12-24-44)64(89)77-32-16-28-52(77)59(84)69-39-55(80)71-46(34-42-19-7-2-8-20-42)62(87)75-30-14-26-50(75)57(82)67-37-53(66)78/h1-12,17-24,45-52H,13-16,25-40,65H2,(H2,66,78)(H,67,82)(H,68,83)(H,69,84)(H,70,85)(H,71,80)(H,72,79)(H,73,81)/t45-,46-,47-,48-,49-,50-,51-,52-/m0/s1. The van der Waals surface area contributed by atoms with Crippen LogP contribution in [-0.4, -0.2) is 191 Å². The summed E-state index contributed by atoms with van der Waals surface area (Å²) in [6.45, 7) is -1.18. The molecule has 4 heterocycles. The first-order chi connectivity index (χ1) is 42.9. The maximum atomic E-state index is 14.5. The van der Waals surface area contributed by atoms with Crippen molar-refractivity contribution in [3.63, 3.8) is 0 Å². The Hall–Kier alpha value is -9.52. The molecule has 4 fully saturated rings. The maximum absolute atomic E-state index is 14.5. The second-order valence-corrected chi connectivity index (χ2v) is 22.8. The number of carbonyl (C=O) groups is 12. The molecule has 25 heteroatoms. The van der Waals surface area contributed by atoms with Crippen LogP contribution in [0.15, 0.2) is 121 Å². The van der Waals surface area contributed by atoms with Gasteiger partial charge in [0, 0.05) is 45.4 Å². The van der Waals surface area contributed by atoms with Gasteiger partial charge in [-0.25, -0.2) is 0 Å². The molecule has 25 nitrogen and oxygen atoms in total. The number of primary amides is 1. The molecule has 0 aromatic heterocycles. The number of benzene rings is 4. The van der Waals surface area contributed by atoms with Gasteiger partial charge >= 0.3 is 0 Å².